The van der Waals surface area contributed by atoms with E-state index >= 15 is 0 Å². The van der Waals surface area contributed by atoms with Gasteiger partial charge in [0.1, 0.15) is 16.5 Å². The molecule has 0 bridgehead atoms. The van der Waals surface area contributed by atoms with E-state index in [0.29, 0.717) is 16.2 Å². The molecule has 0 aliphatic carbocycles. The lowest BCUT2D eigenvalue weighted by atomic mass is 9.99. The van der Waals surface area contributed by atoms with E-state index in [1.807, 2.05) is 4.90 Å². The fourth-order valence-electron chi connectivity index (χ4n) is 4.20. The molecule has 3 amide bonds. The zero-order valence-corrected chi connectivity index (χ0v) is 18.4. The number of anilines is 2. The van der Waals surface area contributed by atoms with Gasteiger partial charge in [0.15, 0.2) is 0 Å². The van der Waals surface area contributed by atoms with Gasteiger partial charge in [0.2, 0.25) is 0 Å². The van der Waals surface area contributed by atoms with Crippen molar-refractivity contribution in [2.45, 2.75) is 38.6 Å². The minimum absolute atomic E-state index is 0.0675. The van der Waals surface area contributed by atoms with Gasteiger partial charge in [-0.1, -0.05) is 36.7 Å². The zero-order valence-electron chi connectivity index (χ0n) is 17.6. The number of imide groups is 1. The summed E-state index contributed by atoms with van der Waals surface area (Å²) in [4.78, 5) is 41.2. The third-order valence-electron chi connectivity index (χ3n) is 5.86. The zero-order chi connectivity index (χ0) is 22.8. The Kier molecular flexibility index (Phi) is 6.28. The number of para-hydroxylation sites is 1. The molecule has 2 heterocycles. The van der Waals surface area contributed by atoms with Crippen molar-refractivity contribution < 1.29 is 18.8 Å². The predicted octanol–water partition coefficient (Wildman–Crippen LogP) is 4.67. The number of amides is 3. The number of likely N-dealkylation sites (tertiary alicyclic amines) is 1. The summed E-state index contributed by atoms with van der Waals surface area (Å²) in [6.45, 7) is 2.79. The topological polar surface area (TPSA) is 69.7 Å². The minimum atomic E-state index is -0.810. The van der Waals surface area contributed by atoms with Gasteiger partial charge >= 0.3 is 0 Å². The lowest BCUT2D eigenvalue weighted by molar-refractivity contribution is -0.120. The first-order chi connectivity index (χ1) is 15.4. The SMILES string of the molecule is CCC1CCCCN1C(=O)c1cccc(NC2=C(Cl)C(=O)N(c3ccccc3F)C2=O)c1. The van der Waals surface area contributed by atoms with Crippen LogP contribution in [0.2, 0.25) is 0 Å². The summed E-state index contributed by atoms with van der Waals surface area (Å²) in [5.74, 6) is -2.35. The number of halogens is 2. The summed E-state index contributed by atoms with van der Waals surface area (Å²) in [6, 6.07) is 12.4. The van der Waals surface area contributed by atoms with Crippen molar-refractivity contribution in [1.29, 1.82) is 0 Å². The molecule has 1 fully saturated rings. The molecule has 2 aliphatic rings. The minimum Gasteiger partial charge on any atom is -0.350 e. The Morgan fingerprint density at radius 1 is 1.12 bits per heavy atom. The van der Waals surface area contributed by atoms with E-state index in [-0.39, 0.29) is 28.4 Å². The van der Waals surface area contributed by atoms with E-state index in [0.717, 1.165) is 38.3 Å². The van der Waals surface area contributed by atoms with E-state index in [9.17, 15) is 18.8 Å². The lowest BCUT2D eigenvalue weighted by Gasteiger charge is -2.35. The van der Waals surface area contributed by atoms with Crippen molar-refractivity contribution in [3.63, 3.8) is 0 Å². The summed E-state index contributed by atoms with van der Waals surface area (Å²) >= 11 is 6.14. The van der Waals surface area contributed by atoms with Crippen LogP contribution in [0.25, 0.3) is 0 Å². The van der Waals surface area contributed by atoms with Crippen molar-refractivity contribution in [2.75, 3.05) is 16.8 Å². The van der Waals surface area contributed by atoms with Crippen LogP contribution < -0.4 is 10.2 Å². The molecule has 1 N–H and O–H groups in total. The Balaban J connectivity index is 1.57. The highest BCUT2D eigenvalue weighted by Gasteiger charge is 2.40. The van der Waals surface area contributed by atoms with E-state index in [4.69, 9.17) is 11.6 Å². The van der Waals surface area contributed by atoms with Gasteiger partial charge in [-0.2, -0.15) is 0 Å². The first-order valence-corrected chi connectivity index (χ1v) is 11.0. The number of nitrogens with zero attached hydrogens (tertiary/aromatic N) is 2. The molecule has 1 unspecified atom stereocenters. The molecular formula is C24H23ClFN3O3. The van der Waals surface area contributed by atoms with Crippen molar-refractivity contribution in [1.82, 2.24) is 4.90 Å². The van der Waals surface area contributed by atoms with Crippen LogP contribution in [-0.2, 0) is 9.59 Å². The quantitative estimate of drug-likeness (QED) is 0.665. The van der Waals surface area contributed by atoms with E-state index in [2.05, 4.69) is 12.2 Å². The van der Waals surface area contributed by atoms with Crippen LogP contribution >= 0.6 is 11.6 Å². The summed E-state index contributed by atoms with van der Waals surface area (Å²) in [7, 11) is 0. The number of hydrogen-bond acceptors (Lipinski definition) is 4. The van der Waals surface area contributed by atoms with Gasteiger partial charge < -0.3 is 10.2 Å². The van der Waals surface area contributed by atoms with Gasteiger partial charge in [0.05, 0.1) is 5.69 Å². The summed E-state index contributed by atoms with van der Waals surface area (Å²) < 4.78 is 14.2. The van der Waals surface area contributed by atoms with E-state index in [1.165, 1.54) is 18.2 Å². The second-order valence-corrected chi connectivity index (χ2v) is 8.23. The standard InChI is InChI=1S/C24H23ClFN3O3/c1-2-17-10-5-6-13-28(17)22(30)15-8-7-9-16(14-15)27-21-20(25)23(31)29(24(21)32)19-12-4-3-11-18(19)26/h3-4,7-9,11-12,14,17,27H,2,5-6,10,13H2,1H3. The number of piperidine rings is 1. The Morgan fingerprint density at radius 2 is 1.91 bits per heavy atom. The lowest BCUT2D eigenvalue weighted by Crippen LogP contribution is -2.43. The monoisotopic (exact) mass is 455 g/mol. The highest BCUT2D eigenvalue weighted by atomic mass is 35.5. The van der Waals surface area contributed by atoms with E-state index in [1.54, 1.807) is 24.3 Å². The Hall–Kier alpha value is -3.19. The number of benzene rings is 2. The maximum Gasteiger partial charge on any atom is 0.283 e. The Bertz CT molecular complexity index is 1120. The molecule has 0 aromatic heterocycles. The molecule has 6 nitrogen and oxygen atoms in total. The summed E-state index contributed by atoms with van der Waals surface area (Å²) in [5.41, 5.74) is 0.589. The first kappa shape index (κ1) is 22.0. The number of hydrogen-bond donors (Lipinski definition) is 1. The van der Waals surface area contributed by atoms with Crippen molar-refractivity contribution >= 4 is 40.7 Å². The van der Waals surface area contributed by atoms with Crippen LogP contribution in [0.4, 0.5) is 15.8 Å². The van der Waals surface area contributed by atoms with Crippen LogP contribution in [0.1, 0.15) is 43.0 Å². The molecule has 0 saturated carbocycles. The molecule has 4 rings (SSSR count). The predicted molar refractivity (Wildman–Crippen MR) is 121 cm³/mol. The molecule has 8 heteroatoms. The molecule has 2 aliphatic heterocycles. The third-order valence-corrected chi connectivity index (χ3v) is 6.21. The molecular weight excluding hydrogens is 433 g/mol. The Morgan fingerprint density at radius 3 is 2.66 bits per heavy atom. The van der Waals surface area contributed by atoms with Crippen LogP contribution in [-0.4, -0.2) is 35.2 Å². The molecule has 32 heavy (non-hydrogen) atoms. The molecule has 1 saturated heterocycles. The van der Waals surface area contributed by atoms with Gasteiger partial charge in [0.25, 0.3) is 17.7 Å². The van der Waals surface area contributed by atoms with Crippen molar-refractivity contribution in [2.24, 2.45) is 0 Å². The number of rotatable bonds is 5. The van der Waals surface area contributed by atoms with Gasteiger partial charge in [-0.15, -0.1) is 0 Å². The fourth-order valence-corrected chi connectivity index (χ4v) is 4.41. The molecule has 166 valence electrons. The second kappa shape index (κ2) is 9.12. The van der Waals surface area contributed by atoms with Crippen LogP contribution in [0.15, 0.2) is 59.3 Å². The summed E-state index contributed by atoms with van der Waals surface area (Å²) in [5, 5.41) is 2.52. The largest absolute Gasteiger partial charge is 0.350 e. The third kappa shape index (κ3) is 4.00. The van der Waals surface area contributed by atoms with Gasteiger partial charge in [0, 0.05) is 23.8 Å². The van der Waals surface area contributed by atoms with Crippen molar-refractivity contribution in [3.8, 4) is 0 Å². The molecule has 0 radical (unpaired) electrons. The van der Waals surface area contributed by atoms with Gasteiger partial charge in [-0.3, -0.25) is 14.4 Å². The van der Waals surface area contributed by atoms with Crippen LogP contribution in [0.3, 0.4) is 0 Å². The normalized spacial score (nSPS) is 19.0. The Labute approximate surface area is 190 Å². The maximum atomic E-state index is 14.2. The van der Waals surface area contributed by atoms with Crippen LogP contribution in [0, 0.1) is 5.82 Å². The van der Waals surface area contributed by atoms with Crippen molar-refractivity contribution in [3.05, 3.63) is 70.6 Å². The number of nitrogens with one attached hydrogen (secondary N) is 1. The average molecular weight is 456 g/mol. The first-order valence-electron chi connectivity index (χ1n) is 10.6. The maximum absolute atomic E-state index is 14.2. The highest BCUT2D eigenvalue weighted by molar-refractivity contribution is 6.53. The smallest absolute Gasteiger partial charge is 0.283 e. The number of carbonyl (C=O) groups is 3. The molecule has 1 atom stereocenters. The molecule has 2 aromatic carbocycles. The molecule has 0 spiro atoms. The summed E-state index contributed by atoms with van der Waals surface area (Å²) in [6.07, 6.45) is 3.98. The van der Waals surface area contributed by atoms with Gasteiger partial charge in [-0.05, 0) is 56.0 Å². The van der Waals surface area contributed by atoms with E-state index < -0.39 is 17.6 Å². The fraction of sp³-hybridized carbons (Fsp3) is 0.292. The highest BCUT2D eigenvalue weighted by Crippen LogP contribution is 2.32. The van der Waals surface area contributed by atoms with Gasteiger partial charge in [-0.25, -0.2) is 9.29 Å². The molecule has 2 aromatic rings. The number of carbonyl (C=O) groups excluding carboxylic acids is 3. The second-order valence-electron chi connectivity index (χ2n) is 7.85. The average Bonchev–Trinajstić information content (AvgIpc) is 3.02. The van der Waals surface area contributed by atoms with Crippen LogP contribution in [0.5, 0.6) is 0 Å².